The lowest BCUT2D eigenvalue weighted by atomic mass is 10.1. The van der Waals surface area contributed by atoms with E-state index in [2.05, 4.69) is 12.2 Å². The summed E-state index contributed by atoms with van der Waals surface area (Å²) < 4.78 is 5.09. The molecular weight excluding hydrogens is 330 g/mol. The van der Waals surface area contributed by atoms with Crippen LogP contribution < -0.4 is 5.32 Å². The van der Waals surface area contributed by atoms with E-state index in [4.69, 9.17) is 4.74 Å². The van der Waals surface area contributed by atoms with Crippen molar-refractivity contribution in [2.75, 3.05) is 11.9 Å². The zero-order valence-corrected chi connectivity index (χ0v) is 15.5. The smallest absolute Gasteiger partial charge is 0.341 e. The standard InChI is InChI=1S/C17H21NO3S2/c1-5-7-12-8-13(17(20)21-6-2)16(23-12)18-15(19)14-9-22-11(4)10(14)3/h8-9H,5-7H2,1-4H3,(H,18,19). The van der Waals surface area contributed by atoms with E-state index in [1.54, 1.807) is 18.3 Å². The molecule has 23 heavy (non-hydrogen) atoms. The van der Waals surface area contributed by atoms with Gasteiger partial charge in [-0.15, -0.1) is 22.7 Å². The minimum absolute atomic E-state index is 0.178. The molecule has 2 heterocycles. The maximum Gasteiger partial charge on any atom is 0.341 e. The van der Waals surface area contributed by atoms with Gasteiger partial charge in [-0.1, -0.05) is 13.3 Å². The van der Waals surface area contributed by atoms with Gasteiger partial charge in [0.15, 0.2) is 0 Å². The largest absolute Gasteiger partial charge is 0.462 e. The molecule has 0 bridgehead atoms. The number of carbonyl (C=O) groups is 2. The average Bonchev–Trinajstić information content (AvgIpc) is 3.04. The molecule has 6 heteroatoms. The molecule has 0 saturated heterocycles. The van der Waals surface area contributed by atoms with Crippen LogP contribution >= 0.6 is 22.7 Å². The quantitative estimate of drug-likeness (QED) is 0.760. The summed E-state index contributed by atoms with van der Waals surface area (Å²) in [5, 5.41) is 5.31. The van der Waals surface area contributed by atoms with E-state index in [0.29, 0.717) is 22.7 Å². The predicted molar refractivity (Wildman–Crippen MR) is 96.0 cm³/mol. The highest BCUT2D eigenvalue weighted by Gasteiger charge is 2.20. The number of rotatable bonds is 6. The fourth-order valence-electron chi connectivity index (χ4n) is 2.17. The summed E-state index contributed by atoms with van der Waals surface area (Å²) in [5.41, 5.74) is 2.08. The highest BCUT2D eigenvalue weighted by atomic mass is 32.1. The van der Waals surface area contributed by atoms with Crippen LogP contribution in [0.3, 0.4) is 0 Å². The number of hydrogen-bond acceptors (Lipinski definition) is 5. The first kappa shape index (κ1) is 17.7. The van der Waals surface area contributed by atoms with Crippen LogP contribution in [-0.2, 0) is 11.2 Å². The van der Waals surface area contributed by atoms with Crippen LogP contribution in [0.2, 0.25) is 0 Å². The molecule has 0 aliphatic heterocycles. The van der Waals surface area contributed by atoms with Crippen molar-refractivity contribution in [1.29, 1.82) is 0 Å². The topological polar surface area (TPSA) is 55.4 Å². The summed E-state index contributed by atoms with van der Waals surface area (Å²) in [5.74, 6) is -0.568. The van der Waals surface area contributed by atoms with Crippen LogP contribution in [0.25, 0.3) is 0 Å². The Labute approximate surface area is 144 Å². The van der Waals surface area contributed by atoms with E-state index >= 15 is 0 Å². The first-order chi connectivity index (χ1) is 11.0. The number of hydrogen-bond donors (Lipinski definition) is 1. The van der Waals surface area contributed by atoms with Crippen molar-refractivity contribution < 1.29 is 14.3 Å². The molecule has 4 nitrogen and oxygen atoms in total. The molecule has 1 N–H and O–H groups in total. The zero-order chi connectivity index (χ0) is 17.0. The number of aryl methyl sites for hydroxylation is 2. The molecule has 0 aliphatic carbocycles. The number of ether oxygens (including phenoxy) is 1. The molecule has 0 fully saturated rings. The monoisotopic (exact) mass is 351 g/mol. The molecule has 0 radical (unpaired) electrons. The van der Waals surface area contributed by atoms with Gasteiger partial charge in [-0.2, -0.15) is 0 Å². The maximum absolute atomic E-state index is 12.5. The van der Waals surface area contributed by atoms with Crippen LogP contribution in [0.15, 0.2) is 11.4 Å². The molecule has 0 aliphatic rings. The number of amides is 1. The van der Waals surface area contributed by atoms with Crippen molar-refractivity contribution in [3.63, 3.8) is 0 Å². The summed E-state index contributed by atoms with van der Waals surface area (Å²) in [6.07, 6.45) is 1.86. The van der Waals surface area contributed by atoms with Crippen molar-refractivity contribution in [2.45, 2.75) is 40.5 Å². The van der Waals surface area contributed by atoms with Crippen LogP contribution in [-0.4, -0.2) is 18.5 Å². The number of anilines is 1. The summed E-state index contributed by atoms with van der Waals surface area (Å²) in [6.45, 7) is 8.09. The third kappa shape index (κ3) is 4.00. The molecule has 0 saturated carbocycles. The van der Waals surface area contributed by atoms with E-state index in [-0.39, 0.29) is 11.9 Å². The molecule has 0 spiro atoms. The maximum atomic E-state index is 12.5. The molecule has 2 rings (SSSR count). The van der Waals surface area contributed by atoms with Crippen molar-refractivity contribution in [3.05, 3.63) is 37.9 Å². The van der Waals surface area contributed by atoms with Gasteiger partial charge in [0.25, 0.3) is 5.91 Å². The first-order valence-electron chi connectivity index (χ1n) is 7.63. The van der Waals surface area contributed by atoms with Gasteiger partial charge in [-0.05, 0) is 38.8 Å². The van der Waals surface area contributed by atoms with Gasteiger partial charge in [0.05, 0.1) is 17.7 Å². The lowest BCUT2D eigenvalue weighted by molar-refractivity contribution is 0.0528. The number of carbonyl (C=O) groups excluding carboxylic acids is 2. The Morgan fingerprint density at radius 3 is 2.52 bits per heavy atom. The number of thiophene rings is 2. The van der Waals surface area contributed by atoms with Gasteiger partial charge in [-0.3, -0.25) is 4.79 Å². The van der Waals surface area contributed by atoms with Crippen molar-refractivity contribution >= 4 is 39.6 Å². The van der Waals surface area contributed by atoms with E-state index < -0.39 is 0 Å². The molecule has 0 atom stereocenters. The van der Waals surface area contributed by atoms with Crippen LogP contribution in [0, 0.1) is 13.8 Å². The Morgan fingerprint density at radius 2 is 1.96 bits per heavy atom. The summed E-state index contributed by atoms with van der Waals surface area (Å²) in [6, 6.07) is 1.83. The molecule has 2 aromatic heterocycles. The number of esters is 1. The van der Waals surface area contributed by atoms with Gasteiger partial charge in [0.1, 0.15) is 5.00 Å². The second kappa shape index (κ2) is 7.75. The van der Waals surface area contributed by atoms with Gasteiger partial charge >= 0.3 is 5.97 Å². The first-order valence-corrected chi connectivity index (χ1v) is 9.33. The predicted octanol–water partition coefficient (Wildman–Crippen LogP) is 4.81. The summed E-state index contributed by atoms with van der Waals surface area (Å²) in [4.78, 5) is 26.8. The van der Waals surface area contributed by atoms with Gasteiger partial charge in [0.2, 0.25) is 0 Å². The molecule has 0 unspecified atom stereocenters. The second-order valence-corrected chi connectivity index (χ2v) is 7.43. The van der Waals surface area contributed by atoms with Gasteiger partial charge in [-0.25, -0.2) is 4.79 Å². The van der Waals surface area contributed by atoms with Crippen LogP contribution in [0.4, 0.5) is 5.00 Å². The average molecular weight is 351 g/mol. The molecular formula is C17H21NO3S2. The fourth-order valence-corrected chi connectivity index (χ4v) is 4.18. The van der Waals surface area contributed by atoms with E-state index in [1.807, 2.05) is 25.3 Å². The Morgan fingerprint density at radius 1 is 1.22 bits per heavy atom. The fraction of sp³-hybridized carbons (Fsp3) is 0.412. The Balaban J connectivity index is 2.28. The minimum atomic E-state index is -0.389. The van der Waals surface area contributed by atoms with Crippen LogP contribution in [0.5, 0.6) is 0 Å². The third-order valence-electron chi connectivity index (χ3n) is 3.53. The zero-order valence-electron chi connectivity index (χ0n) is 13.8. The molecule has 0 aromatic carbocycles. The minimum Gasteiger partial charge on any atom is -0.462 e. The molecule has 2 aromatic rings. The third-order valence-corrected chi connectivity index (χ3v) is 5.66. The van der Waals surface area contributed by atoms with E-state index in [0.717, 1.165) is 28.2 Å². The SMILES string of the molecule is CCCc1cc(C(=O)OCC)c(NC(=O)c2csc(C)c2C)s1. The summed E-state index contributed by atoms with van der Waals surface area (Å²) in [7, 11) is 0. The number of nitrogens with one attached hydrogen (secondary N) is 1. The lowest BCUT2D eigenvalue weighted by Crippen LogP contribution is -2.14. The van der Waals surface area contributed by atoms with Gasteiger partial charge in [0, 0.05) is 15.1 Å². The molecule has 124 valence electrons. The highest BCUT2D eigenvalue weighted by molar-refractivity contribution is 7.16. The van der Waals surface area contributed by atoms with Gasteiger partial charge < -0.3 is 10.1 Å². The Hall–Kier alpha value is -1.66. The lowest BCUT2D eigenvalue weighted by Gasteiger charge is -2.06. The van der Waals surface area contributed by atoms with Crippen molar-refractivity contribution in [3.8, 4) is 0 Å². The van der Waals surface area contributed by atoms with E-state index in [9.17, 15) is 9.59 Å². The summed E-state index contributed by atoms with van der Waals surface area (Å²) >= 11 is 3.00. The Kier molecular flexibility index (Phi) is 5.96. The van der Waals surface area contributed by atoms with E-state index in [1.165, 1.54) is 11.3 Å². The van der Waals surface area contributed by atoms with Crippen molar-refractivity contribution in [2.24, 2.45) is 0 Å². The second-order valence-electron chi connectivity index (χ2n) is 5.21. The Bertz CT molecular complexity index is 715. The van der Waals surface area contributed by atoms with Crippen molar-refractivity contribution in [1.82, 2.24) is 0 Å². The normalized spacial score (nSPS) is 10.6. The molecule has 1 amide bonds. The van der Waals surface area contributed by atoms with Crippen LogP contribution in [0.1, 0.15) is 56.3 Å². The highest BCUT2D eigenvalue weighted by Crippen LogP contribution is 2.31.